The van der Waals surface area contributed by atoms with Gasteiger partial charge in [-0.1, -0.05) is 6.07 Å². The molecule has 0 spiro atoms. The SMILES string of the molecule is C[C@](O)(COCCOCCOCCOCCO)c1ncc(S(N)(=O)=NC(O)Nc2c3c(cc4c2CCC4)CCC3)s1. The van der Waals surface area contributed by atoms with Gasteiger partial charge in [0, 0.05) is 5.69 Å². The zero-order valence-corrected chi connectivity index (χ0v) is 25.1. The molecule has 1 aromatic heterocycles. The number of aliphatic hydroxyl groups is 3. The molecule has 2 aromatic rings. The maximum atomic E-state index is 13.3. The van der Waals surface area contributed by atoms with Crippen molar-refractivity contribution in [1.82, 2.24) is 4.98 Å². The summed E-state index contributed by atoms with van der Waals surface area (Å²) in [6.07, 6.45) is 5.95. The summed E-state index contributed by atoms with van der Waals surface area (Å²) in [7, 11) is -3.48. The number of fused-ring (bicyclic) bond motifs is 2. The molecule has 6 N–H and O–H groups in total. The van der Waals surface area contributed by atoms with Crippen molar-refractivity contribution < 1.29 is 38.5 Å². The Morgan fingerprint density at radius 1 is 1.02 bits per heavy atom. The maximum absolute atomic E-state index is 13.3. The Bertz CT molecular complexity index is 1230. The number of nitrogens with two attached hydrogens (primary N) is 1. The molecular weight excluding hydrogens is 572 g/mol. The zero-order chi connectivity index (χ0) is 29.3. The van der Waals surface area contributed by atoms with Crippen LogP contribution in [0.5, 0.6) is 0 Å². The number of nitrogens with one attached hydrogen (secondary N) is 1. The highest BCUT2D eigenvalue weighted by Gasteiger charge is 2.29. The molecule has 0 saturated heterocycles. The van der Waals surface area contributed by atoms with Gasteiger partial charge in [0.2, 0.25) is 6.35 Å². The van der Waals surface area contributed by atoms with Crippen molar-refractivity contribution in [3.05, 3.63) is 39.5 Å². The van der Waals surface area contributed by atoms with Crippen molar-refractivity contribution in [2.45, 2.75) is 61.6 Å². The van der Waals surface area contributed by atoms with E-state index in [4.69, 9.17) is 29.2 Å². The lowest BCUT2D eigenvalue weighted by molar-refractivity contribution is -0.0561. The normalized spacial score (nSPS) is 18.0. The minimum absolute atomic E-state index is 0.0114. The van der Waals surface area contributed by atoms with Crippen LogP contribution in [0.3, 0.4) is 0 Å². The van der Waals surface area contributed by atoms with Crippen LogP contribution in [-0.4, -0.2) is 90.3 Å². The van der Waals surface area contributed by atoms with Gasteiger partial charge in [0.1, 0.15) is 24.7 Å². The fraction of sp³-hybridized carbons (Fsp3) is 0.667. The maximum Gasteiger partial charge on any atom is 0.233 e. The number of ether oxygens (including phenoxy) is 4. The lowest BCUT2D eigenvalue weighted by Crippen LogP contribution is -2.28. The monoisotopic (exact) mass is 614 g/mol. The van der Waals surface area contributed by atoms with E-state index in [1.807, 2.05) is 0 Å². The van der Waals surface area contributed by atoms with Gasteiger partial charge < -0.3 is 39.6 Å². The minimum atomic E-state index is -3.48. The van der Waals surface area contributed by atoms with Crippen LogP contribution in [0.2, 0.25) is 0 Å². The van der Waals surface area contributed by atoms with E-state index in [1.165, 1.54) is 28.5 Å². The van der Waals surface area contributed by atoms with Crippen LogP contribution in [0.1, 0.15) is 47.0 Å². The summed E-state index contributed by atoms with van der Waals surface area (Å²) >= 11 is 0.973. The van der Waals surface area contributed by atoms with Gasteiger partial charge in [-0.05, 0) is 67.7 Å². The van der Waals surface area contributed by atoms with Gasteiger partial charge in [-0.15, -0.1) is 11.3 Å². The predicted octanol–water partition coefficient (Wildman–Crippen LogP) is 1.48. The number of aryl methyl sites for hydroxylation is 2. The van der Waals surface area contributed by atoms with E-state index in [1.54, 1.807) is 6.92 Å². The molecule has 230 valence electrons. The third-order valence-electron chi connectivity index (χ3n) is 6.97. The van der Waals surface area contributed by atoms with Crippen molar-refractivity contribution >= 4 is 26.9 Å². The van der Waals surface area contributed by atoms with E-state index < -0.39 is 21.9 Å². The molecular formula is C27H42N4O8S2. The largest absolute Gasteiger partial charge is 0.394 e. The molecule has 41 heavy (non-hydrogen) atoms. The Morgan fingerprint density at radius 2 is 1.59 bits per heavy atom. The predicted molar refractivity (Wildman–Crippen MR) is 155 cm³/mol. The second-order valence-electron chi connectivity index (χ2n) is 10.3. The second kappa shape index (κ2) is 15.1. The molecule has 2 aliphatic rings. The minimum Gasteiger partial charge on any atom is -0.394 e. The standard InChI is InChI=1S/C27H42N4O8S2/c1-27(34,18-39-15-14-38-13-12-37-11-10-36-9-8-32)25-29-17-23(40-25)41(28,35)31-26(33)30-24-21-6-2-4-19(21)16-20-5-3-7-22(20)24/h16-17,26,30,32-34H,2-15,18H2,1H3,(H2,28,31,35)/t26?,27-,41?/m0/s1. The third kappa shape index (κ3) is 8.89. The highest BCUT2D eigenvalue weighted by atomic mass is 32.2. The van der Waals surface area contributed by atoms with Crippen LogP contribution in [0, 0.1) is 0 Å². The number of hydrogen-bond donors (Lipinski definition) is 5. The Morgan fingerprint density at radius 3 is 2.17 bits per heavy atom. The molecule has 0 fully saturated rings. The van der Waals surface area contributed by atoms with Gasteiger partial charge in [0.05, 0.1) is 65.7 Å². The zero-order valence-electron chi connectivity index (χ0n) is 23.5. The number of benzene rings is 1. The van der Waals surface area contributed by atoms with Crippen molar-refractivity contribution in [3.8, 4) is 0 Å². The van der Waals surface area contributed by atoms with E-state index in [0.29, 0.717) is 39.6 Å². The quantitative estimate of drug-likeness (QED) is 0.122. The molecule has 2 unspecified atom stereocenters. The first-order valence-corrected chi connectivity index (χ1v) is 16.4. The molecule has 14 heteroatoms. The van der Waals surface area contributed by atoms with Crippen LogP contribution in [-0.2, 0) is 60.1 Å². The lowest BCUT2D eigenvalue weighted by atomic mass is 9.99. The number of thiazole rings is 1. The van der Waals surface area contributed by atoms with Gasteiger partial charge in [-0.2, -0.15) is 4.36 Å². The number of aromatic nitrogens is 1. The fourth-order valence-electron chi connectivity index (χ4n) is 5.05. The Kier molecular flexibility index (Phi) is 11.9. The topological polar surface area (TPSA) is 178 Å². The molecule has 12 nitrogen and oxygen atoms in total. The number of anilines is 1. The summed E-state index contributed by atoms with van der Waals surface area (Å²) in [5, 5.41) is 39.7. The molecule has 0 radical (unpaired) electrons. The lowest BCUT2D eigenvalue weighted by Gasteiger charge is -2.20. The van der Waals surface area contributed by atoms with Crippen molar-refractivity contribution in [2.24, 2.45) is 9.50 Å². The summed E-state index contributed by atoms with van der Waals surface area (Å²) < 4.78 is 38.9. The summed E-state index contributed by atoms with van der Waals surface area (Å²) in [5.41, 5.74) is 4.49. The molecule has 4 rings (SSSR count). The molecule has 0 bridgehead atoms. The summed E-state index contributed by atoms with van der Waals surface area (Å²) in [4.78, 5) is 4.21. The molecule has 1 aromatic carbocycles. The smallest absolute Gasteiger partial charge is 0.233 e. The van der Waals surface area contributed by atoms with Gasteiger partial charge in [-0.3, -0.25) is 0 Å². The molecule has 1 heterocycles. The number of nitrogens with zero attached hydrogens (tertiary/aromatic N) is 2. The summed E-state index contributed by atoms with van der Waals surface area (Å²) in [6, 6.07) is 2.30. The van der Waals surface area contributed by atoms with Crippen LogP contribution in [0.15, 0.2) is 20.8 Å². The first kappa shape index (κ1) is 32.2. The summed E-state index contributed by atoms with van der Waals surface area (Å²) in [6.45, 7) is 3.98. The Labute approximate surface area is 245 Å². The van der Waals surface area contributed by atoms with E-state index in [2.05, 4.69) is 20.7 Å². The van der Waals surface area contributed by atoms with Crippen LogP contribution in [0.4, 0.5) is 5.69 Å². The van der Waals surface area contributed by atoms with Crippen LogP contribution < -0.4 is 10.5 Å². The van der Waals surface area contributed by atoms with E-state index in [0.717, 1.165) is 55.5 Å². The highest BCUT2D eigenvalue weighted by molar-refractivity contribution is 7.93. The van der Waals surface area contributed by atoms with Gasteiger partial charge >= 0.3 is 0 Å². The van der Waals surface area contributed by atoms with E-state index in [-0.39, 0.29) is 29.0 Å². The highest BCUT2D eigenvalue weighted by Crippen LogP contribution is 2.39. The average molecular weight is 615 g/mol. The van der Waals surface area contributed by atoms with Crippen molar-refractivity contribution in [1.29, 1.82) is 0 Å². The number of aliphatic hydroxyl groups excluding tert-OH is 2. The first-order chi connectivity index (χ1) is 19.7. The molecule has 0 aliphatic heterocycles. The number of hydrogen-bond acceptors (Lipinski definition) is 12. The molecule has 3 atom stereocenters. The Balaban J connectivity index is 1.25. The first-order valence-electron chi connectivity index (χ1n) is 14.0. The summed E-state index contributed by atoms with van der Waals surface area (Å²) in [5.74, 6) is 0. The van der Waals surface area contributed by atoms with Gasteiger partial charge in [-0.25, -0.2) is 14.3 Å². The van der Waals surface area contributed by atoms with Crippen molar-refractivity contribution in [3.63, 3.8) is 0 Å². The van der Waals surface area contributed by atoms with E-state index >= 15 is 0 Å². The molecule has 0 saturated carbocycles. The van der Waals surface area contributed by atoms with E-state index in [9.17, 15) is 14.4 Å². The van der Waals surface area contributed by atoms with Gasteiger partial charge in [0.15, 0.2) is 0 Å². The fourth-order valence-corrected chi connectivity index (χ4v) is 7.23. The second-order valence-corrected chi connectivity index (χ2v) is 13.4. The van der Waals surface area contributed by atoms with Crippen molar-refractivity contribution in [2.75, 3.05) is 64.8 Å². The molecule has 0 amide bonds. The van der Waals surface area contributed by atoms with Gasteiger partial charge in [0.25, 0.3) is 0 Å². The number of rotatable bonds is 18. The Hall–Kier alpha value is -1.72. The third-order valence-corrected chi connectivity index (χ3v) is 10.2. The van der Waals surface area contributed by atoms with Crippen LogP contribution in [0.25, 0.3) is 0 Å². The average Bonchev–Trinajstić information content (AvgIpc) is 3.70. The molecule has 2 aliphatic carbocycles. The van der Waals surface area contributed by atoms with Crippen LogP contribution >= 0.6 is 11.3 Å².